The molecule has 0 unspecified atom stereocenters. The van der Waals surface area contributed by atoms with Gasteiger partial charge in [-0.2, -0.15) is 4.98 Å². The van der Waals surface area contributed by atoms with Crippen LogP contribution in [0.5, 0.6) is 0 Å². The largest absolute Gasteiger partial charge is 0.369 e. The fourth-order valence-electron chi connectivity index (χ4n) is 2.64. The maximum Gasteiger partial charge on any atom is 0.227 e. The fraction of sp³-hybridized carbons (Fsp3) is 0.600. The van der Waals surface area contributed by atoms with Gasteiger partial charge in [-0.15, -0.1) is 10.2 Å². The topological polar surface area (TPSA) is 71.8 Å². The molecule has 0 saturated carbocycles. The number of nitrogens with zero attached hydrogens (tertiary/aromatic N) is 6. The average molecular weight is 333 g/mol. The molecule has 124 valence electrons. The van der Waals surface area contributed by atoms with Crippen molar-refractivity contribution in [2.45, 2.75) is 30.8 Å². The van der Waals surface area contributed by atoms with Crippen molar-refractivity contribution in [2.75, 3.05) is 36.6 Å². The summed E-state index contributed by atoms with van der Waals surface area (Å²) in [4.78, 5) is 11.4. The number of anilines is 2. The number of thioether (sulfide) groups is 1. The first-order valence-corrected chi connectivity index (χ1v) is 8.91. The lowest BCUT2D eigenvalue weighted by molar-refractivity contribution is 0.662. The molecule has 0 aliphatic heterocycles. The van der Waals surface area contributed by atoms with Crippen molar-refractivity contribution in [3.8, 4) is 0 Å². The van der Waals surface area contributed by atoms with Crippen LogP contribution >= 0.6 is 11.8 Å². The van der Waals surface area contributed by atoms with Gasteiger partial charge in [-0.25, -0.2) is 4.98 Å². The van der Waals surface area contributed by atoms with Crippen LogP contribution in [0.2, 0.25) is 0 Å². The fourth-order valence-corrected chi connectivity index (χ4v) is 3.38. The van der Waals surface area contributed by atoms with Gasteiger partial charge in [-0.1, -0.05) is 11.8 Å². The number of fused-ring (bicyclic) bond motifs is 1. The summed E-state index contributed by atoms with van der Waals surface area (Å²) in [6.45, 7) is 0.841. The molecule has 1 N–H and O–H groups in total. The Labute approximate surface area is 140 Å². The highest BCUT2D eigenvalue weighted by molar-refractivity contribution is 7.99. The van der Waals surface area contributed by atoms with E-state index < -0.39 is 0 Å². The molecule has 0 atom stereocenters. The smallest absolute Gasteiger partial charge is 0.227 e. The van der Waals surface area contributed by atoms with Gasteiger partial charge in [0.05, 0.1) is 5.69 Å². The first-order valence-electron chi connectivity index (χ1n) is 7.93. The Morgan fingerprint density at radius 2 is 2.09 bits per heavy atom. The minimum atomic E-state index is 0.786. The average Bonchev–Trinajstić information content (AvgIpc) is 2.96. The maximum atomic E-state index is 4.70. The van der Waals surface area contributed by atoms with Crippen molar-refractivity contribution in [2.24, 2.45) is 7.05 Å². The number of hydrogen-bond donors (Lipinski definition) is 1. The third-order valence-corrected chi connectivity index (χ3v) is 4.90. The summed E-state index contributed by atoms with van der Waals surface area (Å²) in [7, 11) is 5.93. The number of rotatable bonds is 6. The monoisotopic (exact) mass is 333 g/mol. The summed E-state index contributed by atoms with van der Waals surface area (Å²) in [6.07, 6.45) is 6.29. The van der Waals surface area contributed by atoms with E-state index in [4.69, 9.17) is 9.97 Å². The Balaban J connectivity index is 1.66. The van der Waals surface area contributed by atoms with Crippen LogP contribution in [0.4, 0.5) is 11.8 Å². The van der Waals surface area contributed by atoms with Crippen molar-refractivity contribution in [1.29, 1.82) is 0 Å². The minimum absolute atomic E-state index is 0.786. The standard InChI is InChI=1S/C15H23N7S/c1-21(2)14-18-12-7-5-4-6-11(12)13(19-14)16-8-9-23-15-20-17-10-22(15)3/h10H,4-9H2,1-3H3,(H,16,18,19). The van der Waals surface area contributed by atoms with Gasteiger partial charge in [-0.05, 0) is 25.7 Å². The summed E-state index contributed by atoms with van der Waals surface area (Å²) in [5, 5.41) is 12.4. The van der Waals surface area contributed by atoms with Crippen LogP contribution < -0.4 is 10.2 Å². The zero-order valence-electron chi connectivity index (χ0n) is 13.9. The molecular weight excluding hydrogens is 310 g/mol. The Bertz CT molecular complexity index is 668. The van der Waals surface area contributed by atoms with E-state index in [0.29, 0.717) is 0 Å². The van der Waals surface area contributed by atoms with Gasteiger partial charge in [0.15, 0.2) is 5.16 Å². The van der Waals surface area contributed by atoms with Crippen molar-refractivity contribution < 1.29 is 0 Å². The number of nitrogens with one attached hydrogen (secondary N) is 1. The predicted octanol–water partition coefficient (Wildman–Crippen LogP) is 1.75. The van der Waals surface area contributed by atoms with E-state index in [9.17, 15) is 0 Å². The van der Waals surface area contributed by atoms with Gasteiger partial charge in [0.1, 0.15) is 12.1 Å². The second-order valence-corrected chi connectivity index (χ2v) is 6.96. The van der Waals surface area contributed by atoms with Gasteiger partial charge in [-0.3, -0.25) is 0 Å². The van der Waals surface area contributed by atoms with Crippen molar-refractivity contribution in [1.82, 2.24) is 24.7 Å². The van der Waals surface area contributed by atoms with Crippen LogP contribution in [0.15, 0.2) is 11.5 Å². The molecule has 0 radical (unpaired) electrons. The van der Waals surface area contributed by atoms with Crippen LogP contribution in [0.1, 0.15) is 24.1 Å². The van der Waals surface area contributed by atoms with Gasteiger partial charge in [0.25, 0.3) is 0 Å². The van der Waals surface area contributed by atoms with E-state index >= 15 is 0 Å². The molecular formula is C15H23N7S. The Morgan fingerprint density at radius 3 is 2.83 bits per heavy atom. The molecule has 0 amide bonds. The molecule has 2 aromatic rings. The van der Waals surface area contributed by atoms with Crippen LogP contribution in [0.3, 0.4) is 0 Å². The Kier molecular flexibility index (Phi) is 5.00. The van der Waals surface area contributed by atoms with Crippen LogP contribution in [-0.4, -0.2) is 51.1 Å². The van der Waals surface area contributed by atoms with Gasteiger partial charge in [0, 0.05) is 39.0 Å². The van der Waals surface area contributed by atoms with Gasteiger partial charge in [0.2, 0.25) is 5.95 Å². The molecule has 0 saturated heterocycles. The molecule has 7 nitrogen and oxygen atoms in total. The second-order valence-electron chi connectivity index (χ2n) is 5.90. The SMILES string of the molecule is CN(C)c1nc2c(c(NCCSc3nncn3C)n1)CCCC2. The zero-order valence-corrected chi connectivity index (χ0v) is 14.7. The predicted molar refractivity (Wildman–Crippen MR) is 93.2 cm³/mol. The van der Waals surface area contributed by atoms with E-state index in [-0.39, 0.29) is 0 Å². The van der Waals surface area contributed by atoms with Crippen molar-refractivity contribution >= 4 is 23.5 Å². The van der Waals surface area contributed by atoms with E-state index in [0.717, 1.165) is 42.1 Å². The third kappa shape index (κ3) is 3.74. The normalized spacial score (nSPS) is 13.7. The summed E-state index contributed by atoms with van der Waals surface area (Å²) in [6, 6.07) is 0. The molecule has 1 aliphatic rings. The zero-order chi connectivity index (χ0) is 16.2. The van der Waals surface area contributed by atoms with Crippen molar-refractivity contribution in [3.63, 3.8) is 0 Å². The maximum absolute atomic E-state index is 4.70. The highest BCUT2D eigenvalue weighted by Gasteiger charge is 2.18. The quantitative estimate of drug-likeness (QED) is 0.638. The number of aromatic nitrogens is 5. The molecule has 8 heteroatoms. The van der Waals surface area contributed by atoms with Crippen LogP contribution in [0.25, 0.3) is 0 Å². The van der Waals surface area contributed by atoms with Crippen LogP contribution in [0, 0.1) is 0 Å². The number of hydrogen-bond acceptors (Lipinski definition) is 7. The van der Waals surface area contributed by atoms with Crippen LogP contribution in [-0.2, 0) is 19.9 Å². The molecule has 23 heavy (non-hydrogen) atoms. The molecule has 3 rings (SSSR count). The highest BCUT2D eigenvalue weighted by Crippen LogP contribution is 2.27. The molecule has 0 spiro atoms. The minimum Gasteiger partial charge on any atom is -0.369 e. The lowest BCUT2D eigenvalue weighted by Gasteiger charge is -2.21. The highest BCUT2D eigenvalue weighted by atomic mass is 32.2. The van der Waals surface area contributed by atoms with E-state index in [1.165, 1.54) is 24.1 Å². The summed E-state index contributed by atoms with van der Waals surface area (Å²) in [5.74, 6) is 2.70. The lowest BCUT2D eigenvalue weighted by Crippen LogP contribution is -2.19. The molecule has 2 heterocycles. The first-order chi connectivity index (χ1) is 11.1. The Hall–Kier alpha value is -1.83. The van der Waals surface area contributed by atoms with E-state index in [2.05, 4.69) is 15.5 Å². The Morgan fingerprint density at radius 1 is 1.26 bits per heavy atom. The van der Waals surface area contributed by atoms with Gasteiger partial charge < -0.3 is 14.8 Å². The van der Waals surface area contributed by atoms with Gasteiger partial charge >= 0.3 is 0 Å². The molecule has 0 fully saturated rings. The second kappa shape index (κ2) is 7.16. The lowest BCUT2D eigenvalue weighted by atomic mass is 9.96. The summed E-state index contributed by atoms with van der Waals surface area (Å²) in [5.41, 5.74) is 2.50. The first kappa shape index (κ1) is 16.0. The van der Waals surface area contributed by atoms with E-state index in [1.54, 1.807) is 18.1 Å². The summed E-state index contributed by atoms with van der Waals surface area (Å²) >= 11 is 1.69. The molecule has 0 bridgehead atoms. The third-order valence-electron chi connectivity index (χ3n) is 3.87. The van der Waals surface area contributed by atoms with Crippen molar-refractivity contribution in [3.05, 3.63) is 17.6 Å². The molecule has 0 aromatic carbocycles. The van der Waals surface area contributed by atoms with E-state index in [1.807, 2.05) is 30.6 Å². The summed E-state index contributed by atoms with van der Waals surface area (Å²) < 4.78 is 1.93. The molecule has 1 aliphatic carbocycles. The molecule has 2 aromatic heterocycles. The number of aryl methyl sites for hydroxylation is 2.